The van der Waals surface area contributed by atoms with Gasteiger partial charge in [-0.25, -0.2) is 14.4 Å². The SMILES string of the molecule is C=C(C)C(=O)Oc1ccc(C(C)(C)c2ccc(OC(=O)C(=C)C)c(OCC)c2OCC)c(OCC)c1OCC.C=C(C)C(=O)Oc1ccc(CCC)c(OCC)c1OCC. The van der Waals surface area contributed by atoms with Crippen LogP contribution in [-0.2, 0) is 26.2 Å². The summed E-state index contributed by atoms with van der Waals surface area (Å²) in [4.78, 5) is 36.4. The quantitative estimate of drug-likeness (QED) is 0.0542. The number of rotatable bonds is 22. The smallest absolute Gasteiger partial charge is 0.338 e. The van der Waals surface area contributed by atoms with E-state index in [1.165, 1.54) is 0 Å². The molecule has 3 rings (SSSR count). The van der Waals surface area contributed by atoms with E-state index in [0.717, 1.165) is 29.5 Å². The number of hydrogen-bond donors (Lipinski definition) is 0. The van der Waals surface area contributed by atoms with Crippen molar-refractivity contribution in [3.63, 3.8) is 0 Å². The van der Waals surface area contributed by atoms with E-state index in [-0.39, 0.29) is 22.6 Å². The molecule has 3 aromatic rings. The summed E-state index contributed by atoms with van der Waals surface area (Å²) < 4.78 is 51.9. The van der Waals surface area contributed by atoms with Crippen LogP contribution in [0.2, 0.25) is 0 Å². The van der Waals surface area contributed by atoms with Crippen LogP contribution in [0.15, 0.2) is 72.9 Å². The van der Waals surface area contributed by atoms with Crippen molar-refractivity contribution < 1.29 is 57.0 Å². The van der Waals surface area contributed by atoms with Gasteiger partial charge >= 0.3 is 17.9 Å². The standard InChI is InChI=1S/C31H40O8.C17H24O4/c1-11-34-25-21(15-17-23(27(25)36-13-3)38-29(32)19(5)6)31(9,10)22-16-18-24(39-30(33)20(7)8)28(37-14-4)26(22)35-12-2;1-6-9-13-10-11-14(21-17(18)12(4)5)16(20-8-3)15(13)19-7-2/h15-18H,5,7,11-14H2,1-4,6,8-10H3;10-11H,4,6-9H2,1-3,5H3. The zero-order valence-electron chi connectivity index (χ0n) is 37.6. The number of carbonyl (C=O) groups is 3. The molecule has 12 heteroatoms. The molecule has 0 aliphatic rings. The highest BCUT2D eigenvalue weighted by Crippen LogP contribution is 2.52. The monoisotopic (exact) mass is 832 g/mol. The zero-order valence-corrected chi connectivity index (χ0v) is 37.6. The third kappa shape index (κ3) is 13.0. The molecule has 0 aliphatic carbocycles. The molecule has 0 heterocycles. The van der Waals surface area contributed by atoms with Gasteiger partial charge in [-0.1, -0.05) is 65.1 Å². The van der Waals surface area contributed by atoms with Crippen LogP contribution >= 0.6 is 0 Å². The highest BCUT2D eigenvalue weighted by atomic mass is 16.6. The lowest BCUT2D eigenvalue weighted by Crippen LogP contribution is -2.23. The number of aryl methyl sites for hydroxylation is 1. The van der Waals surface area contributed by atoms with Crippen molar-refractivity contribution >= 4 is 17.9 Å². The molecule has 3 aromatic carbocycles. The Balaban J connectivity index is 0.000000497. The van der Waals surface area contributed by atoms with Gasteiger partial charge in [0.2, 0.25) is 17.2 Å². The van der Waals surface area contributed by atoms with E-state index >= 15 is 0 Å². The fourth-order valence-corrected chi connectivity index (χ4v) is 5.79. The number of carbonyl (C=O) groups excluding carboxylic acids is 3. The largest absolute Gasteiger partial charge is 0.490 e. The Hall–Kier alpha value is -5.91. The minimum atomic E-state index is -0.736. The van der Waals surface area contributed by atoms with Gasteiger partial charge in [0.05, 0.1) is 39.6 Å². The fraction of sp³-hybridized carbons (Fsp3) is 0.438. The highest BCUT2D eigenvalue weighted by Gasteiger charge is 2.36. The Bertz CT molecular complexity index is 1900. The summed E-state index contributed by atoms with van der Waals surface area (Å²) in [5.74, 6) is 1.89. The first-order valence-corrected chi connectivity index (χ1v) is 20.4. The predicted molar refractivity (Wildman–Crippen MR) is 234 cm³/mol. The average Bonchev–Trinajstić information content (AvgIpc) is 3.19. The summed E-state index contributed by atoms with van der Waals surface area (Å²) >= 11 is 0. The van der Waals surface area contributed by atoms with Crippen molar-refractivity contribution in [3.8, 4) is 51.7 Å². The lowest BCUT2D eigenvalue weighted by Gasteiger charge is -2.32. The van der Waals surface area contributed by atoms with Crippen molar-refractivity contribution in [2.24, 2.45) is 0 Å². The van der Waals surface area contributed by atoms with Crippen molar-refractivity contribution in [2.75, 3.05) is 39.6 Å². The Morgan fingerprint density at radius 3 is 1.03 bits per heavy atom. The van der Waals surface area contributed by atoms with Gasteiger partial charge in [-0.05, 0) is 92.5 Å². The summed E-state index contributed by atoms with van der Waals surface area (Å²) in [6.07, 6.45) is 1.88. The van der Waals surface area contributed by atoms with Gasteiger partial charge in [-0.3, -0.25) is 0 Å². The molecule has 0 fully saturated rings. The highest BCUT2D eigenvalue weighted by molar-refractivity contribution is 5.90. The van der Waals surface area contributed by atoms with Crippen LogP contribution in [0, 0.1) is 0 Å². The molecule has 0 unspecified atom stereocenters. The van der Waals surface area contributed by atoms with Crippen LogP contribution in [0.25, 0.3) is 0 Å². The van der Waals surface area contributed by atoms with Gasteiger partial charge in [0, 0.05) is 33.3 Å². The van der Waals surface area contributed by atoms with E-state index in [0.29, 0.717) is 85.5 Å². The summed E-state index contributed by atoms with van der Waals surface area (Å²) in [6.45, 7) is 35.3. The Labute approximate surface area is 356 Å². The maximum atomic E-state index is 12.3. The molecule has 0 aliphatic heterocycles. The van der Waals surface area contributed by atoms with E-state index in [1.54, 1.807) is 39.0 Å². The zero-order chi connectivity index (χ0) is 45.2. The molecule has 0 amide bonds. The number of hydrogen-bond acceptors (Lipinski definition) is 12. The van der Waals surface area contributed by atoms with Crippen LogP contribution in [0.3, 0.4) is 0 Å². The van der Waals surface area contributed by atoms with Crippen LogP contribution in [0.4, 0.5) is 0 Å². The maximum absolute atomic E-state index is 12.3. The van der Waals surface area contributed by atoms with Crippen LogP contribution in [0.5, 0.6) is 51.7 Å². The molecule has 0 spiro atoms. The van der Waals surface area contributed by atoms with Gasteiger partial charge in [-0.15, -0.1) is 0 Å². The third-order valence-electron chi connectivity index (χ3n) is 8.56. The van der Waals surface area contributed by atoms with Gasteiger partial charge in [-0.2, -0.15) is 0 Å². The Morgan fingerprint density at radius 2 is 0.733 bits per heavy atom. The first-order valence-electron chi connectivity index (χ1n) is 20.4. The second-order valence-electron chi connectivity index (χ2n) is 13.9. The molecule has 0 bridgehead atoms. The molecule has 60 heavy (non-hydrogen) atoms. The van der Waals surface area contributed by atoms with Crippen molar-refractivity contribution in [3.05, 3.63) is 89.5 Å². The molecule has 0 atom stereocenters. The number of ether oxygens (including phenoxy) is 9. The molecule has 328 valence electrons. The van der Waals surface area contributed by atoms with E-state index < -0.39 is 23.3 Å². The first-order chi connectivity index (χ1) is 28.5. The van der Waals surface area contributed by atoms with Gasteiger partial charge in [0.1, 0.15) is 0 Å². The topological polar surface area (TPSA) is 134 Å². The number of esters is 3. The molecule has 0 saturated heterocycles. The van der Waals surface area contributed by atoms with Crippen LogP contribution in [-0.4, -0.2) is 57.5 Å². The molecular weight excluding hydrogens is 769 g/mol. The van der Waals surface area contributed by atoms with Gasteiger partial charge < -0.3 is 42.6 Å². The van der Waals surface area contributed by atoms with E-state index in [9.17, 15) is 14.4 Å². The van der Waals surface area contributed by atoms with Gasteiger partial charge in [0.25, 0.3) is 0 Å². The molecule has 0 N–H and O–H groups in total. The summed E-state index contributed by atoms with van der Waals surface area (Å²) in [7, 11) is 0. The van der Waals surface area contributed by atoms with Gasteiger partial charge in [0.15, 0.2) is 34.5 Å². The van der Waals surface area contributed by atoms with Crippen LogP contribution in [0.1, 0.15) is 106 Å². The minimum absolute atomic E-state index is 0.231. The third-order valence-corrected chi connectivity index (χ3v) is 8.56. The molecule has 0 saturated carbocycles. The second kappa shape index (κ2) is 24.2. The fourth-order valence-electron chi connectivity index (χ4n) is 5.79. The lowest BCUT2D eigenvalue weighted by atomic mass is 9.76. The van der Waals surface area contributed by atoms with Crippen molar-refractivity contribution in [1.82, 2.24) is 0 Å². The van der Waals surface area contributed by atoms with E-state index in [1.807, 2.05) is 73.6 Å². The minimum Gasteiger partial charge on any atom is -0.490 e. The first kappa shape index (κ1) is 50.2. The Morgan fingerprint density at radius 1 is 0.450 bits per heavy atom. The number of benzene rings is 3. The van der Waals surface area contributed by atoms with E-state index in [4.69, 9.17) is 42.6 Å². The normalized spacial score (nSPS) is 10.6. The summed E-state index contributed by atoms with van der Waals surface area (Å²) in [5.41, 5.74) is 2.71. The average molecular weight is 833 g/mol. The van der Waals surface area contributed by atoms with Crippen molar-refractivity contribution in [1.29, 1.82) is 0 Å². The Kier molecular flexibility index (Phi) is 20.3. The summed E-state index contributed by atoms with van der Waals surface area (Å²) in [5, 5.41) is 0. The van der Waals surface area contributed by atoms with Crippen LogP contribution < -0.4 is 42.6 Å². The maximum Gasteiger partial charge on any atom is 0.338 e. The lowest BCUT2D eigenvalue weighted by molar-refractivity contribution is -0.131. The molecule has 0 radical (unpaired) electrons. The predicted octanol–water partition coefficient (Wildman–Crippen LogP) is 10.5. The second-order valence-corrected chi connectivity index (χ2v) is 13.9. The summed E-state index contributed by atoms with van der Waals surface area (Å²) in [6, 6.07) is 10.7. The van der Waals surface area contributed by atoms with E-state index in [2.05, 4.69) is 26.7 Å². The van der Waals surface area contributed by atoms with Crippen molar-refractivity contribution in [2.45, 2.75) is 101 Å². The molecule has 0 aromatic heterocycles. The molecule has 12 nitrogen and oxygen atoms in total. The molecular formula is C48H64O12.